The highest BCUT2D eigenvalue weighted by molar-refractivity contribution is 4.75. The SMILES string of the molecule is COCOCN1CN1C(C)(C)F. The minimum atomic E-state index is -1.28. The topological polar surface area (TPSA) is 24.5 Å². The summed E-state index contributed by atoms with van der Waals surface area (Å²) < 4.78 is 22.8. The second kappa shape index (κ2) is 3.66. The average Bonchev–Trinajstić information content (AvgIpc) is 2.66. The zero-order valence-electron chi connectivity index (χ0n) is 7.71. The van der Waals surface area contributed by atoms with Gasteiger partial charge in [-0.25, -0.2) is 4.39 Å². The molecule has 0 saturated carbocycles. The Bertz CT molecular complexity index is 149. The summed E-state index contributed by atoms with van der Waals surface area (Å²) in [6, 6.07) is 0. The maximum atomic E-state index is 13.1. The summed E-state index contributed by atoms with van der Waals surface area (Å²) in [6.07, 6.45) is 0. The lowest BCUT2D eigenvalue weighted by atomic mass is 10.4. The molecule has 2 unspecified atom stereocenters. The molecule has 0 aromatic heterocycles. The van der Waals surface area contributed by atoms with Crippen molar-refractivity contribution in [1.29, 1.82) is 0 Å². The molecule has 0 aromatic carbocycles. The highest BCUT2D eigenvalue weighted by Crippen LogP contribution is 2.28. The zero-order valence-corrected chi connectivity index (χ0v) is 7.71. The van der Waals surface area contributed by atoms with Crippen LogP contribution in [0, 0.1) is 0 Å². The van der Waals surface area contributed by atoms with Crippen LogP contribution < -0.4 is 0 Å². The number of methoxy groups -OCH3 is 1. The molecular formula is C7H15FN2O2. The lowest BCUT2D eigenvalue weighted by Gasteiger charge is -2.15. The van der Waals surface area contributed by atoms with Gasteiger partial charge in [-0.2, -0.15) is 10.0 Å². The number of halogens is 1. The number of rotatable bonds is 5. The van der Waals surface area contributed by atoms with E-state index >= 15 is 0 Å². The standard InChI is InChI=1S/C7H15FN2O2/c1-7(2,8)10-4-9(10)5-12-6-11-3/h4-6H2,1-3H3. The Hall–Kier alpha value is -0.230. The van der Waals surface area contributed by atoms with Crippen LogP contribution in [0.4, 0.5) is 4.39 Å². The van der Waals surface area contributed by atoms with E-state index in [1.165, 1.54) is 13.8 Å². The fraction of sp³-hybridized carbons (Fsp3) is 1.00. The molecule has 4 nitrogen and oxygen atoms in total. The molecule has 0 aliphatic carbocycles. The Morgan fingerprint density at radius 2 is 2.17 bits per heavy atom. The Morgan fingerprint density at radius 1 is 1.50 bits per heavy atom. The van der Waals surface area contributed by atoms with Crippen LogP contribution >= 0.6 is 0 Å². The van der Waals surface area contributed by atoms with Gasteiger partial charge in [0.2, 0.25) is 0 Å². The Balaban J connectivity index is 2.08. The van der Waals surface area contributed by atoms with Crippen molar-refractivity contribution >= 4 is 0 Å². The second-order valence-electron chi connectivity index (χ2n) is 3.20. The number of hydrogen-bond acceptors (Lipinski definition) is 4. The zero-order chi connectivity index (χ0) is 9.19. The van der Waals surface area contributed by atoms with Crippen molar-refractivity contribution in [1.82, 2.24) is 10.0 Å². The van der Waals surface area contributed by atoms with Crippen molar-refractivity contribution in [2.45, 2.75) is 19.6 Å². The van der Waals surface area contributed by atoms with Crippen molar-refractivity contribution in [3.05, 3.63) is 0 Å². The van der Waals surface area contributed by atoms with Gasteiger partial charge in [-0.05, 0) is 13.8 Å². The van der Waals surface area contributed by atoms with Crippen LogP contribution in [0.3, 0.4) is 0 Å². The van der Waals surface area contributed by atoms with Crippen LogP contribution in [0.5, 0.6) is 0 Å². The molecular weight excluding hydrogens is 163 g/mol. The molecule has 0 amide bonds. The molecule has 5 heteroatoms. The number of ether oxygens (including phenoxy) is 2. The molecule has 2 atom stereocenters. The molecule has 1 aliphatic heterocycles. The van der Waals surface area contributed by atoms with Crippen LogP contribution in [0.2, 0.25) is 0 Å². The summed E-state index contributed by atoms with van der Waals surface area (Å²) >= 11 is 0. The predicted octanol–water partition coefficient (Wildman–Crippen LogP) is 0.760. The summed E-state index contributed by atoms with van der Waals surface area (Å²) in [4.78, 5) is 0. The number of hydrazine groups is 1. The van der Waals surface area contributed by atoms with E-state index in [1.807, 2.05) is 0 Å². The van der Waals surface area contributed by atoms with E-state index in [0.29, 0.717) is 13.4 Å². The van der Waals surface area contributed by atoms with Gasteiger partial charge in [0.1, 0.15) is 13.5 Å². The number of alkyl halides is 1. The van der Waals surface area contributed by atoms with Gasteiger partial charge in [-0.1, -0.05) is 0 Å². The molecule has 1 heterocycles. The van der Waals surface area contributed by atoms with Crippen molar-refractivity contribution in [2.24, 2.45) is 0 Å². The van der Waals surface area contributed by atoms with Crippen LogP contribution in [0.1, 0.15) is 13.8 Å². The van der Waals surface area contributed by atoms with Crippen molar-refractivity contribution in [3.8, 4) is 0 Å². The van der Waals surface area contributed by atoms with E-state index in [-0.39, 0.29) is 6.79 Å². The Morgan fingerprint density at radius 3 is 2.58 bits per heavy atom. The van der Waals surface area contributed by atoms with Crippen molar-refractivity contribution in [2.75, 3.05) is 27.3 Å². The summed E-state index contributed by atoms with van der Waals surface area (Å²) in [5.41, 5.74) is 0. The molecule has 1 rings (SSSR count). The maximum absolute atomic E-state index is 13.1. The van der Waals surface area contributed by atoms with Crippen molar-refractivity contribution in [3.63, 3.8) is 0 Å². The maximum Gasteiger partial charge on any atom is 0.172 e. The van der Waals surface area contributed by atoms with E-state index in [1.54, 1.807) is 17.1 Å². The van der Waals surface area contributed by atoms with Gasteiger partial charge in [0, 0.05) is 7.11 Å². The molecule has 0 N–H and O–H groups in total. The summed E-state index contributed by atoms with van der Waals surface area (Å²) in [5, 5.41) is 3.35. The second-order valence-corrected chi connectivity index (χ2v) is 3.20. The monoisotopic (exact) mass is 178 g/mol. The average molecular weight is 178 g/mol. The van der Waals surface area contributed by atoms with Crippen LogP contribution in [0.15, 0.2) is 0 Å². The van der Waals surface area contributed by atoms with Gasteiger partial charge in [0.05, 0.1) is 6.67 Å². The quantitative estimate of drug-likeness (QED) is 0.268. The van der Waals surface area contributed by atoms with Gasteiger partial charge in [-0.15, -0.1) is 0 Å². The molecule has 0 radical (unpaired) electrons. The van der Waals surface area contributed by atoms with Gasteiger partial charge in [-0.3, -0.25) is 0 Å². The first-order valence-corrected chi connectivity index (χ1v) is 3.84. The highest BCUT2D eigenvalue weighted by Gasteiger charge is 2.43. The van der Waals surface area contributed by atoms with Crippen LogP contribution in [0.25, 0.3) is 0 Å². The summed E-state index contributed by atoms with van der Waals surface area (Å²) in [5.74, 6) is -1.28. The van der Waals surface area contributed by atoms with Crippen molar-refractivity contribution < 1.29 is 13.9 Å². The van der Waals surface area contributed by atoms with Gasteiger partial charge >= 0.3 is 0 Å². The van der Waals surface area contributed by atoms with Crippen LogP contribution in [-0.2, 0) is 9.47 Å². The van der Waals surface area contributed by atoms with Gasteiger partial charge in [0.25, 0.3) is 0 Å². The minimum absolute atomic E-state index is 0.247. The summed E-state index contributed by atoms with van der Waals surface area (Å²) in [7, 11) is 1.55. The largest absolute Gasteiger partial charge is 0.359 e. The lowest BCUT2D eigenvalue weighted by Crippen LogP contribution is -2.28. The Labute approximate surface area is 71.8 Å². The first-order chi connectivity index (χ1) is 5.55. The molecule has 1 saturated heterocycles. The summed E-state index contributed by atoms with van der Waals surface area (Å²) in [6.45, 7) is 4.29. The molecule has 0 aromatic rings. The van der Waals surface area contributed by atoms with E-state index in [4.69, 9.17) is 4.74 Å². The predicted molar refractivity (Wildman–Crippen MR) is 41.6 cm³/mol. The lowest BCUT2D eigenvalue weighted by molar-refractivity contribution is -0.0815. The molecule has 72 valence electrons. The third-order valence-corrected chi connectivity index (χ3v) is 1.61. The fourth-order valence-corrected chi connectivity index (χ4v) is 0.967. The number of hydrogen-bond donors (Lipinski definition) is 0. The molecule has 1 fully saturated rings. The minimum Gasteiger partial charge on any atom is -0.359 e. The molecule has 12 heavy (non-hydrogen) atoms. The Kier molecular flexibility index (Phi) is 3.00. The third kappa shape index (κ3) is 2.67. The fourth-order valence-electron chi connectivity index (χ4n) is 0.967. The first kappa shape index (κ1) is 9.85. The molecule has 0 spiro atoms. The van der Waals surface area contributed by atoms with Crippen LogP contribution in [-0.4, -0.2) is 43.1 Å². The number of nitrogens with zero attached hydrogens (tertiary/aromatic N) is 2. The smallest absolute Gasteiger partial charge is 0.172 e. The molecule has 0 bridgehead atoms. The van der Waals surface area contributed by atoms with E-state index in [2.05, 4.69) is 4.74 Å². The van der Waals surface area contributed by atoms with Gasteiger partial charge < -0.3 is 9.47 Å². The third-order valence-electron chi connectivity index (χ3n) is 1.61. The molecule has 1 aliphatic rings. The first-order valence-electron chi connectivity index (χ1n) is 3.84. The highest BCUT2D eigenvalue weighted by atomic mass is 19.1. The van der Waals surface area contributed by atoms with E-state index in [0.717, 1.165) is 0 Å². The normalized spacial score (nSPS) is 29.0. The van der Waals surface area contributed by atoms with Gasteiger partial charge in [0.15, 0.2) is 5.79 Å². The van der Waals surface area contributed by atoms with E-state index in [9.17, 15) is 4.39 Å². The van der Waals surface area contributed by atoms with E-state index < -0.39 is 5.79 Å².